The molecule has 1 unspecified atom stereocenters. The minimum absolute atomic E-state index is 0.151. The van der Waals surface area contributed by atoms with Gasteiger partial charge in [-0.05, 0) is 31.9 Å². The van der Waals surface area contributed by atoms with Crippen LogP contribution in [-0.2, 0) is 14.8 Å². The molecular weight excluding hydrogens is 320 g/mol. The molecule has 0 heterocycles. The number of hydrogen-bond donors (Lipinski definition) is 1. The zero-order valence-corrected chi connectivity index (χ0v) is 14.5. The predicted octanol–water partition coefficient (Wildman–Crippen LogP) is 1.14. The van der Waals surface area contributed by atoms with E-state index in [1.165, 1.54) is 14.2 Å². The lowest BCUT2D eigenvalue weighted by Gasteiger charge is -2.29. The average molecular weight is 342 g/mol. The van der Waals surface area contributed by atoms with Crippen LogP contribution >= 0.6 is 0 Å². The number of benzene rings is 1. The summed E-state index contributed by atoms with van der Waals surface area (Å²) in [4.78, 5) is 12.3. The molecule has 0 radical (unpaired) electrons. The lowest BCUT2D eigenvalue weighted by molar-refractivity contribution is -0.121. The molecule has 1 atom stereocenters. The maximum atomic E-state index is 12.3. The highest BCUT2D eigenvalue weighted by Crippen LogP contribution is 2.35. The second-order valence-electron chi connectivity index (χ2n) is 5.56. The highest BCUT2D eigenvalue weighted by molar-refractivity contribution is 7.92. The smallest absolute Gasteiger partial charge is 0.243 e. The first-order valence-electron chi connectivity index (χ1n) is 7.29. The van der Waals surface area contributed by atoms with Gasteiger partial charge in [-0.15, -0.1) is 0 Å². The van der Waals surface area contributed by atoms with E-state index < -0.39 is 16.1 Å². The second kappa shape index (κ2) is 6.66. The summed E-state index contributed by atoms with van der Waals surface area (Å²) in [5.41, 5.74) is 0.271. The van der Waals surface area contributed by atoms with Gasteiger partial charge in [0.15, 0.2) is 0 Å². The van der Waals surface area contributed by atoms with Gasteiger partial charge in [-0.2, -0.15) is 0 Å². The van der Waals surface area contributed by atoms with Crippen LogP contribution < -0.4 is 19.1 Å². The molecular formula is C15H22N2O5S. The fourth-order valence-electron chi connectivity index (χ4n) is 2.30. The second-order valence-corrected chi connectivity index (χ2v) is 7.41. The van der Waals surface area contributed by atoms with Crippen molar-refractivity contribution in [3.8, 4) is 11.5 Å². The minimum Gasteiger partial charge on any atom is -0.497 e. The molecule has 8 heteroatoms. The predicted molar refractivity (Wildman–Crippen MR) is 87.5 cm³/mol. The maximum absolute atomic E-state index is 12.3. The Morgan fingerprint density at radius 2 is 1.96 bits per heavy atom. The largest absolute Gasteiger partial charge is 0.497 e. The van der Waals surface area contributed by atoms with Crippen LogP contribution in [-0.4, -0.2) is 46.9 Å². The van der Waals surface area contributed by atoms with E-state index in [0.29, 0.717) is 11.5 Å². The van der Waals surface area contributed by atoms with Crippen molar-refractivity contribution in [3.63, 3.8) is 0 Å². The van der Waals surface area contributed by atoms with E-state index in [-0.39, 0.29) is 17.6 Å². The summed E-state index contributed by atoms with van der Waals surface area (Å²) >= 11 is 0. The summed E-state index contributed by atoms with van der Waals surface area (Å²) < 4.78 is 36.1. The van der Waals surface area contributed by atoms with Gasteiger partial charge < -0.3 is 14.8 Å². The number of nitrogens with one attached hydrogen (secondary N) is 1. The van der Waals surface area contributed by atoms with Crippen molar-refractivity contribution in [3.05, 3.63) is 18.2 Å². The lowest BCUT2D eigenvalue weighted by atomic mass is 10.2. The molecule has 0 spiro atoms. The number of carbonyl (C=O) groups is 1. The van der Waals surface area contributed by atoms with Crippen LogP contribution in [0.25, 0.3) is 0 Å². The number of anilines is 1. The first-order valence-corrected chi connectivity index (χ1v) is 9.14. The molecule has 7 nitrogen and oxygen atoms in total. The third kappa shape index (κ3) is 4.07. The number of amides is 1. The van der Waals surface area contributed by atoms with Gasteiger partial charge in [0.05, 0.1) is 26.2 Å². The molecule has 1 amide bonds. The van der Waals surface area contributed by atoms with E-state index in [1.54, 1.807) is 25.1 Å². The summed E-state index contributed by atoms with van der Waals surface area (Å²) in [7, 11) is -0.767. The van der Waals surface area contributed by atoms with E-state index in [1.807, 2.05) is 0 Å². The molecule has 1 aliphatic rings. The number of ether oxygens (including phenoxy) is 2. The van der Waals surface area contributed by atoms with Crippen molar-refractivity contribution < 1.29 is 22.7 Å². The van der Waals surface area contributed by atoms with Gasteiger partial charge in [0.2, 0.25) is 15.9 Å². The molecule has 1 aromatic rings. The fourth-order valence-corrected chi connectivity index (χ4v) is 3.47. The minimum atomic E-state index is -3.70. The Labute approximate surface area is 136 Å². The molecule has 1 N–H and O–H groups in total. The molecule has 1 aromatic carbocycles. The van der Waals surface area contributed by atoms with Crippen LogP contribution in [0.15, 0.2) is 18.2 Å². The van der Waals surface area contributed by atoms with Crippen molar-refractivity contribution in [1.29, 1.82) is 0 Å². The first-order chi connectivity index (χ1) is 10.8. The van der Waals surface area contributed by atoms with Gasteiger partial charge in [-0.3, -0.25) is 9.10 Å². The highest BCUT2D eigenvalue weighted by atomic mass is 32.2. The number of sulfonamides is 1. The number of carbonyl (C=O) groups excluding carboxylic acids is 1. The number of methoxy groups -OCH3 is 2. The van der Waals surface area contributed by atoms with Gasteiger partial charge in [0, 0.05) is 12.1 Å². The van der Waals surface area contributed by atoms with Crippen LogP contribution in [0.4, 0.5) is 5.69 Å². The van der Waals surface area contributed by atoms with Crippen molar-refractivity contribution >= 4 is 21.6 Å². The number of nitrogens with zero attached hydrogens (tertiary/aromatic N) is 1. The van der Waals surface area contributed by atoms with Crippen molar-refractivity contribution in [2.75, 3.05) is 24.8 Å². The Balaban J connectivity index is 2.44. The van der Waals surface area contributed by atoms with E-state index in [0.717, 1.165) is 23.4 Å². The maximum Gasteiger partial charge on any atom is 0.243 e. The van der Waals surface area contributed by atoms with Crippen LogP contribution in [0.3, 0.4) is 0 Å². The van der Waals surface area contributed by atoms with E-state index in [2.05, 4.69) is 5.32 Å². The third-order valence-corrected chi connectivity index (χ3v) is 4.86. The lowest BCUT2D eigenvalue weighted by Crippen LogP contribution is -2.48. The average Bonchev–Trinajstić information content (AvgIpc) is 3.29. The van der Waals surface area contributed by atoms with Crippen LogP contribution in [0.5, 0.6) is 11.5 Å². The first kappa shape index (κ1) is 17.4. The number of hydrogen-bond acceptors (Lipinski definition) is 5. The topological polar surface area (TPSA) is 84.9 Å². The monoisotopic (exact) mass is 342 g/mol. The van der Waals surface area contributed by atoms with Gasteiger partial charge in [-0.25, -0.2) is 8.42 Å². The van der Waals surface area contributed by atoms with Gasteiger partial charge in [0.1, 0.15) is 17.5 Å². The molecule has 0 aliphatic heterocycles. The van der Waals surface area contributed by atoms with E-state index >= 15 is 0 Å². The summed E-state index contributed by atoms with van der Waals surface area (Å²) in [5.74, 6) is 0.495. The van der Waals surface area contributed by atoms with Crippen LogP contribution in [0.2, 0.25) is 0 Å². The van der Waals surface area contributed by atoms with Gasteiger partial charge in [-0.1, -0.05) is 0 Å². The van der Waals surface area contributed by atoms with Crippen molar-refractivity contribution in [1.82, 2.24) is 5.32 Å². The fraction of sp³-hybridized carbons (Fsp3) is 0.533. The van der Waals surface area contributed by atoms with E-state index in [9.17, 15) is 13.2 Å². The molecule has 0 bridgehead atoms. The zero-order chi connectivity index (χ0) is 17.2. The molecule has 128 valence electrons. The highest BCUT2D eigenvalue weighted by Gasteiger charge is 2.34. The van der Waals surface area contributed by atoms with Crippen LogP contribution in [0, 0.1) is 0 Å². The van der Waals surface area contributed by atoms with Crippen molar-refractivity contribution in [2.24, 2.45) is 0 Å². The van der Waals surface area contributed by atoms with Crippen LogP contribution in [0.1, 0.15) is 19.8 Å². The Hall–Kier alpha value is -1.96. The van der Waals surface area contributed by atoms with Crippen molar-refractivity contribution in [2.45, 2.75) is 31.8 Å². The molecule has 1 aliphatic carbocycles. The third-order valence-electron chi connectivity index (χ3n) is 3.64. The molecule has 0 aromatic heterocycles. The molecule has 2 rings (SSSR count). The molecule has 1 saturated carbocycles. The molecule has 23 heavy (non-hydrogen) atoms. The zero-order valence-electron chi connectivity index (χ0n) is 13.7. The molecule has 0 saturated heterocycles. The standard InChI is InChI=1S/C15H22N2O5S/c1-10(15(18)16-11-5-6-11)17(23(4,19)20)13-9-12(21-2)7-8-14(13)22-3/h7-11H,5-6H2,1-4H3,(H,16,18). The Morgan fingerprint density at radius 3 is 2.43 bits per heavy atom. The Kier molecular flexibility index (Phi) is 5.03. The van der Waals surface area contributed by atoms with E-state index in [4.69, 9.17) is 9.47 Å². The Bertz CT molecular complexity index is 685. The Morgan fingerprint density at radius 1 is 1.30 bits per heavy atom. The van der Waals surface area contributed by atoms with Gasteiger partial charge in [0.25, 0.3) is 0 Å². The summed E-state index contributed by atoms with van der Waals surface area (Å²) in [6.45, 7) is 1.55. The summed E-state index contributed by atoms with van der Waals surface area (Å²) in [6, 6.07) is 4.07. The summed E-state index contributed by atoms with van der Waals surface area (Å²) in [6.07, 6.45) is 2.92. The molecule has 1 fully saturated rings. The quantitative estimate of drug-likeness (QED) is 0.803. The normalized spacial score (nSPS) is 15.7. The van der Waals surface area contributed by atoms with Gasteiger partial charge >= 0.3 is 0 Å². The SMILES string of the molecule is COc1ccc(OC)c(N(C(C)C(=O)NC2CC2)S(C)(=O)=O)c1. The summed E-state index contributed by atoms with van der Waals surface area (Å²) in [5, 5.41) is 2.82. The number of rotatable bonds is 7.